The molecule has 0 saturated heterocycles. The maximum atomic E-state index is 13.0. The Balaban J connectivity index is 2.27. The quantitative estimate of drug-likeness (QED) is 0.872. The molecule has 23 heavy (non-hydrogen) atoms. The Labute approximate surface area is 134 Å². The monoisotopic (exact) mass is 339 g/mol. The Morgan fingerprint density at radius 1 is 1.26 bits per heavy atom. The molecule has 124 valence electrons. The van der Waals surface area contributed by atoms with Gasteiger partial charge < -0.3 is 5.32 Å². The minimum atomic E-state index is -4.82. The predicted molar refractivity (Wildman–Crippen MR) is 84.6 cm³/mol. The van der Waals surface area contributed by atoms with E-state index < -0.39 is 21.0 Å². The number of nitrogens with one attached hydrogen (secondary N) is 1. The van der Waals surface area contributed by atoms with E-state index in [0.29, 0.717) is 0 Å². The molecular weight excluding hydrogens is 321 g/mol. The van der Waals surface area contributed by atoms with Gasteiger partial charge in [-0.25, -0.2) is 0 Å². The van der Waals surface area contributed by atoms with E-state index in [1.54, 1.807) is 10.7 Å². The lowest BCUT2D eigenvalue weighted by Crippen LogP contribution is -2.25. The van der Waals surface area contributed by atoms with Gasteiger partial charge >= 0.3 is 10.2 Å². The van der Waals surface area contributed by atoms with Crippen molar-refractivity contribution in [2.45, 2.75) is 38.1 Å². The fraction of sp³-hybridized carbons (Fsp3) is 0.333. The molecule has 1 heterocycles. The molecule has 0 aliphatic rings. The molecule has 0 fully saturated rings. The topological polar surface area (TPSA) is 81.1 Å². The molecule has 8 heteroatoms. The molecule has 0 aliphatic heterocycles. The van der Waals surface area contributed by atoms with Gasteiger partial charge in [0.25, 0.3) is 5.91 Å². The molecule has 1 aromatic heterocycles. The number of hydrogen-bond acceptors (Lipinski definition) is 4. The summed E-state index contributed by atoms with van der Waals surface area (Å²) in [5.41, 5.74) is 0.926. The van der Waals surface area contributed by atoms with E-state index in [9.17, 15) is 17.1 Å². The summed E-state index contributed by atoms with van der Waals surface area (Å²) in [6.45, 7) is 7.73. The van der Waals surface area contributed by atoms with Crippen molar-refractivity contribution in [1.82, 2.24) is 9.78 Å². The van der Waals surface area contributed by atoms with Crippen molar-refractivity contribution in [3.05, 3.63) is 41.7 Å². The van der Waals surface area contributed by atoms with Crippen LogP contribution in [0.3, 0.4) is 0 Å². The first-order chi connectivity index (χ1) is 10.5. The van der Waals surface area contributed by atoms with E-state index in [4.69, 9.17) is 0 Å². The normalized spacial score (nSPS) is 12.2. The Hall–Kier alpha value is -2.22. The lowest BCUT2D eigenvalue weighted by molar-refractivity contribution is 0.102. The highest BCUT2D eigenvalue weighted by Crippen LogP contribution is 2.20. The summed E-state index contributed by atoms with van der Waals surface area (Å²) < 4.78 is 36.5. The van der Waals surface area contributed by atoms with Gasteiger partial charge in [0.1, 0.15) is 4.90 Å². The van der Waals surface area contributed by atoms with Crippen LogP contribution < -0.4 is 5.32 Å². The lowest BCUT2D eigenvalue weighted by atomic mass is 10.1. The second-order valence-electron chi connectivity index (χ2n) is 6.17. The average Bonchev–Trinajstić information content (AvgIpc) is 2.80. The van der Waals surface area contributed by atoms with Crippen LogP contribution in [0.4, 0.5) is 9.57 Å². The number of carbonyl (C=O) groups excluding carboxylic acids is 1. The van der Waals surface area contributed by atoms with Gasteiger partial charge in [0.05, 0.1) is 5.54 Å². The highest BCUT2D eigenvalue weighted by Gasteiger charge is 2.20. The zero-order chi connectivity index (χ0) is 17.4. The predicted octanol–water partition coefficient (Wildman–Crippen LogP) is 2.86. The minimum absolute atomic E-state index is 0.177. The number of rotatable bonds is 3. The molecule has 1 N–H and O–H groups in total. The molecule has 2 aromatic rings. The van der Waals surface area contributed by atoms with Crippen LogP contribution in [0.5, 0.6) is 0 Å². The van der Waals surface area contributed by atoms with E-state index in [-0.39, 0.29) is 16.9 Å². The molecule has 0 spiro atoms. The van der Waals surface area contributed by atoms with Crippen molar-refractivity contribution in [2.75, 3.05) is 5.32 Å². The van der Waals surface area contributed by atoms with Crippen LogP contribution >= 0.6 is 0 Å². The molecule has 0 unspecified atom stereocenters. The first-order valence-electron chi connectivity index (χ1n) is 6.92. The van der Waals surface area contributed by atoms with Crippen LogP contribution in [0.15, 0.2) is 35.2 Å². The van der Waals surface area contributed by atoms with E-state index in [1.165, 1.54) is 12.1 Å². The van der Waals surface area contributed by atoms with Gasteiger partial charge in [-0.2, -0.15) is 13.5 Å². The van der Waals surface area contributed by atoms with Crippen LogP contribution in [-0.4, -0.2) is 24.1 Å². The molecule has 0 atom stereocenters. The van der Waals surface area contributed by atoms with Crippen LogP contribution in [0.1, 0.15) is 37.0 Å². The van der Waals surface area contributed by atoms with Crippen molar-refractivity contribution in [3.63, 3.8) is 0 Å². The summed E-state index contributed by atoms with van der Waals surface area (Å²) in [5.74, 6) is -0.496. The summed E-state index contributed by atoms with van der Waals surface area (Å²) in [6.07, 6.45) is 0. The molecule has 0 saturated carbocycles. The Morgan fingerprint density at radius 2 is 1.91 bits per heavy atom. The number of hydrogen-bond donors (Lipinski definition) is 1. The fourth-order valence-corrected chi connectivity index (χ4v) is 2.69. The van der Waals surface area contributed by atoms with Gasteiger partial charge in [-0.05, 0) is 52.0 Å². The molecule has 0 radical (unpaired) electrons. The Kier molecular flexibility index (Phi) is 4.30. The molecule has 1 amide bonds. The summed E-state index contributed by atoms with van der Waals surface area (Å²) >= 11 is 0. The van der Waals surface area contributed by atoms with Gasteiger partial charge in [0, 0.05) is 11.4 Å². The highest BCUT2D eigenvalue weighted by atomic mass is 32.3. The standard InChI is InChI=1S/C15H18FN3O3S/c1-10-8-13(18-19(10)15(2,3)4)14(20)17-11-6-5-7-12(9-11)23(16,21)22/h5-9H,1-4H3,(H,17,20). The van der Waals surface area contributed by atoms with Gasteiger partial charge in [0.2, 0.25) is 0 Å². The second-order valence-corrected chi connectivity index (χ2v) is 7.52. The van der Waals surface area contributed by atoms with Crippen molar-refractivity contribution in [3.8, 4) is 0 Å². The third kappa shape index (κ3) is 3.95. The first kappa shape index (κ1) is 17.1. The number of aryl methyl sites for hydroxylation is 1. The van der Waals surface area contributed by atoms with Gasteiger partial charge in [0.15, 0.2) is 5.69 Å². The smallest absolute Gasteiger partial charge is 0.321 e. The van der Waals surface area contributed by atoms with Crippen molar-refractivity contribution < 1.29 is 17.1 Å². The molecular formula is C15H18FN3O3S. The van der Waals surface area contributed by atoms with Gasteiger partial charge in [-0.15, -0.1) is 3.89 Å². The number of benzene rings is 1. The maximum Gasteiger partial charge on any atom is 0.332 e. The van der Waals surface area contributed by atoms with Crippen molar-refractivity contribution in [1.29, 1.82) is 0 Å². The molecule has 0 bridgehead atoms. The number of nitrogens with zero attached hydrogens (tertiary/aromatic N) is 2. The van der Waals surface area contributed by atoms with Gasteiger partial charge in [-0.1, -0.05) is 6.07 Å². The van der Waals surface area contributed by atoms with E-state index in [2.05, 4.69) is 10.4 Å². The van der Waals surface area contributed by atoms with Crippen molar-refractivity contribution >= 4 is 21.8 Å². The molecule has 1 aromatic carbocycles. The highest BCUT2D eigenvalue weighted by molar-refractivity contribution is 7.86. The van der Waals surface area contributed by atoms with Crippen LogP contribution in [0, 0.1) is 6.92 Å². The Morgan fingerprint density at radius 3 is 2.43 bits per heavy atom. The van der Waals surface area contributed by atoms with Crippen molar-refractivity contribution in [2.24, 2.45) is 0 Å². The van der Waals surface area contributed by atoms with Crippen LogP contribution in [0.2, 0.25) is 0 Å². The second kappa shape index (κ2) is 5.77. The summed E-state index contributed by atoms with van der Waals surface area (Å²) in [4.78, 5) is 11.7. The minimum Gasteiger partial charge on any atom is -0.321 e. The van der Waals surface area contributed by atoms with E-state index in [1.807, 2.05) is 27.7 Å². The summed E-state index contributed by atoms with van der Waals surface area (Å²) in [6, 6.07) is 6.63. The summed E-state index contributed by atoms with van der Waals surface area (Å²) in [5, 5.41) is 6.78. The zero-order valence-electron chi connectivity index (χ0n) is 13.3. The SMILES string of the molecule is Cc1cc(C(=O)Nc2cccc(S(=O)(=O)F)c2)nn1C(C)(C)C. The van der Waals surface area contributed by atoms with E-state index >= 15 is 0 Å². The molecule has 0 aliphatic carbocycles. The average molecular weight is 339 g/mol. The number of amides is 1. The fourth-order valence-electron chi connectivity index (χ4n) is 2.19. The Bertz CT molecular complexity index is 851. The van der Waals surface area contributed by atoms with E-state index in [0.717, 1.165) is 17.8 Å². The summed E-state index contributed by atoms with van der Waals surface area (Å²) in [7, 11) is -4.82. The van der Waals surface area contributed by atoms with Crippen LogP contribution in [0.25, 0.3) is 0 Å². The molecule has 2 rings (SSSR count). The third-order valence-corrected chi connectivity index (χ3v) is 3.95. The largest absolute Gasteiger partial charge is 0.332 e. The maximum absolute atomic E-state index is 13.0. The number of aromatic nitrogens is 2. The zero-order valence-corrected chi connectivity index (χ0v) is 14.1. The third-order valence-electron chi connectivity index (χ3n) is 3.13. The first-order valence-corrected chi connectivity index (χ1v) is 8.30. The number of halogens is 1. The lowest BCUT2D eigenvalue weighted by Gasteiger charge is -2.21. The van der Waals surface area contributed by atoms with Crippen LogP contribution in [-0.2, 0) is 15.8 Å². The number of carbonyl (C=O) groups is 1. The van der Waals surface area contributed by atoms with Gasteiger partial charge in [-0.3, -0.25) is 9.48 Å². The number of anilines is 1. The molecule has 6 nitrogen and oxygen atoms in total.